The monoisotopic (exact) mass is 224 g/mol. The van der Waals surface area contributed by atoms with Crippen LogP contribution >= 0.6 is 0 Å². The van der Waals surface area contributed by atoms with E-state index < -0.39 is 0 Å². The molecule has 0 spiro atoms. The quantitative estimate of drug-likeness (QED) is 0.654. The van der Waals surface area contributed by atoms with Crippen molar-refractivity contribution in [2.45, 2.75) is 40.0 Å². The Morgan fingerprint density at radius 1 is 1.19 bits per heavy atom. The minimum absolute atomic E-state index is 0.125. The van der Waals surface area contributed by atoms with Gasteiger partial charge in [0, 0.05) is 5.56 Å². The molecule has 0 heterocycles. The molecule has 0 unspecified atom stereocenters. The molecule has 0 aliphatic carbocycles. The number of carbonyl (C=O) groups is 1. The number of carbonyl (C=O) groups excluding carboxylic acids is 1. The molecule has 0 atom stereocenters. The zero-order chi connectivity index (χ0) is 12.8. The molecule has 0 saturated heterocycles. The summed E-state index contributed by atoms with van der Waals surface area (Å²) in [5.74, 6) is 0.125. The highest BCUT2D eigenvalue weighted by atomic mass is 19.1. The number of rotatable bonds is 1. The van der Waals surface area contributed by atoms with E-state index in [1.165, 1.54) is 12.5 Å². The Morgan fingerprint density at radius 2 is 1.56 bits per heavy atom. The predicted molar refractivity (Wildman–Crippen MR) is 66.8 cm³/mol. The molecular weight excluding hydrogens is 203 g/mol. The highest BCUT2D eigenvalue weighted by molar-refractivity contribution is 5.94. The molecule has 1 aromatic carbocycles. The zero-order valence-electron chi connectivity index (χ0n) is 10.8. The van der Waals surface area contributed by atoms with E-state index in [0.717, 1.165) is 5.56 Å². The van der Waals surface area contributed by atoms with Gasteiger partial charge in [-0.05, 0) is 24.8 Å². The van der Waals surface area contributed by atoms with Crippen molar-refractivity contribution in [2.75, 3.05) is 6.67 Å². The minimum Gasteiger partial charge on any atom is -0.295 e. The van der Waals surface area contributed by atoms with Crippen molar-refractivity contribution < 1.29 is 9.18 Å². The molecule has 90 valence electrons. The average Bonchev–Trinajstić information content (AvgIpc) is 2.18. The number of benzene rings is 1. The second-order valence-electron chi connectivity index (χ2n) is 4.65. The molecular formula is C14H21FO. The topological polar surface area (TPSA) is 17.1 Å². The highest BCUT2D eigenvalue weighted by Crippen LogP contribution is 2.22. The molecule has 0 aliphatic heterocycles. The number of hydrogen-bond donors (Lipinski definition) is 0. The number of alkyl halides is 1. The first kappa shape index (κ1) is 14.8. The maximum atomic E-state index is 11.0. The molecule has 0 N–H and O–H groups in total. The van der Waals surface area contributed by atoms with E-state index in [-0.39, 0.29) is 17.9 Å². The molecule has 2 heteroatoms. The Hall–Kier alpha value is -1.18. The van der Waals surface area contributed by atoms with Crippen LogP contribution in [0.15, 0.2) is 24.3 Å². The van der Waals surface area contributed by atoms with Crippen LogP contribution in [0.5, 0.6) is 0 Å². The molecule has 1 rings (SSSR count). The van der Waals surface area contributed by atoms with E-state index in [2.05, 4.69) is 20.8 Å². The van der Waals surface area contributed by atoms with Gasteiger partial charge in [0.1, 0.15) is 0 Å². The lowest BCUT2D eigenvalue weighted by molar-refractivity contribution is 0.101. The van der Waals surface area contributed by atoms with Crippen LogP contribution in [0.2, 0.25) is 0 Å². The Balaban J connectivity index is 0.000000673. The second-order valence-corrected chi connectivity index (χ2v) is 4.65. The molecule has 0 aliphatic rings. The van der Waals surface area contributed by atoms with E-state index in [1.54, 1.807) is 6.92 Å². The summed E-state index contributed by atoms with van der Waals surface area (Å²) in [6, 6.07) is 7.83. The molecule has 1 aromatic rings. The summed E-state index contributed by atoms with van der Waals surface area (Å²) < 4.78 is 10.3. The van der Waals surface area contributed by atoms with Crippen LogP contribution in [0.1, 0.15) is 50.5 Å². The van der Waals surface area contributed by atoms with E-state index in [9.17, 15) is 9.18 Å². The molecule has 16 heavy (non-hydrogen) atoms. The molecule has 0 saturated carbocycles. The van der Waals surface area contributed by atoms with Crippen molar-refractivity contribution in [3.05, 3.63) is 35.4 Å². The van der Waals surface area contributed by atoms with E-state index in [4.69, 9.17) is 0 Å². The van der Waals surface area contributed by atoms with Crippen LogP contribution in [-0.2, 0) is 5.41 Å². The Bertz CT molecular complexity index is 320. The summed E-state index contributed by atoms with van der Waals surface area (Å²) in [7, 11) is 0. The van der Waals surface area contributed by atoms with E-state index in [1.807, 2.05) is 24.3 Å². The van der Waals surface area contributed by atoms with Gasteiger partial charge in [0.15, 0.2) is 5.78 Å². The number of Topliss-reactive ketones (excluding diaryl/α,β-unsaturated/α-hetero) is 1. The smallest absolute Gasteiger partial charge is 0.159 e. The summed E-state index contributed by atoms with van der Waals surface area (Å²) in [4.78, 5) is 11.0. The molecule has 0 bridgehead atoms. The number of hydrogen-bond acceptors (Lipinski definition) is 1. The first-order valence-corrected chi connectivity index (χ1v) is 5.50. The third-order valence-electron chi connectivity index (χ3n) is 2.16. The van der Waals surface area contributed by atoms with E-state index in [0.29, 0.717) is 0 Å². The van der Waals surface area contributed by atoms with E-state index >= 15 is 0 Å². The fraction of sp³-hybridized carbons (Fsp3) is 0.500. The van der Waals surface area contributed by atoms with Gasteiger partial charge < -0.3 is 0 Å². The van der Waals surface area contributed by atoms with Gasteiger partial charge in [-0.3, -0.25) is 9.18 Å². The average molecular weight is 224 g/mol. The van der Waals surface area contributed by atoms with Crippen molar-refractivity contribution in [1.82, 2.24) is 0 Å². The molecule has 0 amide bonds. The minimum atomic E-state index is -0.250. The fourth-order valence-corrected chi connectivity index (χ4v) is 1.20. The summed E-state index contributed by atoms with van der Waals surface area (Å²) in [5.41, 5.74) is 2.21. The normalized spacial score (nSPS) is 10.4. The molecule has 0 radical (unpaired) electrons. The Morgan fingerprint density at radius 3 is 1.81 bits per heavy atom. The van der Waals surface area contributed by atoms with Gasteiger partial charge >= 0.3 is 0 Å². The lowest BCUT2D eigenvalue weighted by Crippen LogP contribution is -2.10. The number of ketones is 1. The first-order valence-electron chi connectivity index (χ1n) is 5.50. The lowest BCUT2D eigenvalue weighted by Gasteiger charge is -2.18. The van der Waals surface area contributed by atoms with Crippen LogP contribution in [-0.4, -0.2) is 12.5 Å². The van der Waals surface area contributed by atoms with Crippen LogP contribution < -0.4 is 0 Å². The van der Waals surface area contributed by atoms with Crippen molar-refractivity contribution in [3.8, 4) is 0 Å². The Labute approximate surface area is 97.7 Å². The van der Waals surface area contributed by atoms with Gasteiger partial charge in [-0.15, -0.1) is 0 Å². The molecule has 0 aromatic heterocycles. The zero-order valence-corrected chi connectivity index (χ0v) is 10.8. The van der Waals surface area contributed by atoms with Crippen LogP contribution in [0.25, 0.3) is 0 Å². The lowest BCUT2D eigenvalue weighted by atomic mass is 9.86. The van der Waals surface area contributed by atoms with Crippen molar-refractivity contribution >= 4 is 5.78 Å². The second kappa shape index (κ2) is 6.41. The van der Waals surface area contributed by atoms with Crippen LogP contribution in [0.4, 0.5) is 4.39 Å². The third-order valence-corrected chi connectivity index (χ3v) is 2.16. The van der Waals surface area contributed by atoms with Crippen LogP contribution in [0, 0.1) is 0 Å². The highest BCUT2D eigenvalue weighted by Gasteiger charge is 2.13. The van der Waals surface area contributed by atoms with Gasteiger partial charge in [0.05, 0.1) is 6.67 Å². The predicted octanol–water partition coefficient (Wildman–Crippen LogP) is 4.16. The largest absolute Gasteiger partial charge is 0.295 e. The summed E-state index contributed by atoms with van der Waals surface area (Å²) in [5, 5.41) is 0. The third kappa shape index (κ3) is 5.06. The summed E-state index contributed by atoms with van der Waals surface area (Å²) >= 11 is 0. The maximum Gasteiger partial charge on any atom is 0.159 e. The molecule has 1 nitrogen and oxygen atoms in total. The summed E-state index contributed by atoms with van der Waals surface area (Å²) in [6.45, 7) is 9.29. The first-order chi connectivity index (χ1) is 7.32. The maximum absolute atomic E-state index is 11.0. The van der Waals surface area contributed by atoms with Crippen LogP contribution in [0.3, 0.4) is 0 Å². The standard InChI is InChI=1S/C12H16O.C2H5F/c1-9(13)10-5-7-11(8-6-10)12(2,3)4;1-2-3/h5-8H,1-4H3;2H2,1H3. The summed E-state index contributed by atoms with van der Waals surface area (Å²) in [6.07, 6.45) is 0. The van der Waals surface area contributed by atoms with Gasteiger partial charge in [-0.2, -0.15) is 0 Å². The van der Waals surface area contributed by atoms with Crippen molar-refractivity contribution in [3.63, 3.8) is 0 Å². The SMILES string of the molecule is CC(=O)c1ccc(C(C)(C)C)cc1.CCF. The van der Waals surface area contributed by atoms with Gasteiger partial charge in [-0.1, -0.05) is 45.0 Å². The Kier molecular flexibility index (Phi) is 5.94. The fourth-order valence-electron chi connectivity index (χ4n) is 1.20. The van der Waals surface area contributed by atoms with Gasteiger partial charge in [-0.25, -0.2) is 0 Å². The van der Waals surface area contributed by atoms with Gasteiger partial charge in [0.2, 0.25) is 0 Å². The molecule has 0 fully saturated rings. The van der Waals surface area contributed by atoms with Crippen molar-refractivity contribution in [2.24, 2.45) is 0 Å². The van der Waals surface area contributed by atoms with Crippen molar-refractivity contribution in [1.29, 1.82) is 0 Å². The number of halogens is 1. The van der Waals surface area contributed by atoms with Gasteiger partial charge in [0.25, 0.3) is 0 Å².